The van der Waals surface area contributed by atoms with E-state index in [-0.39, 0.29) is 5.69 Å². The van der Waals surface area contributed by atoms with Crippen LogP contribution in [0.1, 0.15) is 15.9 Å². The Bertz CT molecular complexity index is 614. The number of halogens is 1. The van der Waals surface area contributed by atoms with Crippen molar-refractivity contribution in [2.75, 3.05) is 18.2 Å². The number of rotatable bonds is 4. The minimum Gasteiger partial charge on any atom is -0.465 e. The van der Waals surface area contributed by atoms with Gasteiger partial charge in [0.1, 0.15) is 5.82 Å². The molecule has 1 heterocycles. The maximum absolute atomic E-state index is 11.5. The first-order valence-electron chi connectivity index (χ1n) is 5.93. The smallest absolute Gasteiger partial charge is 0.340 e. The Kier molecular flexibility index (Phi) is 4.57. The summed E-state index contributed by atoms with van der Waals surface area (Å²) < 4.78 is 5.69. The number of benzene rings is 1. The number of carbonyl (C=O) groups excluding carboxylic acids is 1. The van der Waals surface area contributed by atoms with E-state index in [0.717, 1.165) is 10.0 Å². The molecule has 0 atom stereocenters. The summed E-state index contributed by atoms with van der Waals surface area (Å²) in [7, 11) is 1.32. The second kappa shape index (κ2) is 6.38. The van der Waals surface area contributed by atoms with Gasteiger partial charge in [0.2, 0.25) is 0 Å². The van der Waals surface area contributed by atoms with E-state index >= 15 is 0 Å². The highest BCUT2D eigenvalue weighted by molar-refractivity contribution is 9.10. The molecule has 20 heavy (non-hydrogen) atoms. The highest BCUT2D eigenvalue weighted by Crippen LogP contribution is 2.21. The number of methoxy groups -OCH3 is 1. The van der Waals surface area contributed by atoms with Crippen LogP contribution in [0.2, 0.25) is 0 Å². The molecule has 0 aliphatic rings. The molecule has 0 radical (unpaired) electrons. The van der Waals surface area contributed by atoms with Gasteiger partial charge in [-0.05, 0) is 23.8 Å². The Labute approximate surface area is 125 Å². The van der Waals surface area contributed by atoms with Gasteiger partial charge in [0.15, 0.2) is 0 Å². The minimum absolute atomic E-state index is 0.288. The van der Waals surface area contributed by atoms with E-state index in [4.69, 9.17) is 5.73 Å². The van der Waals surface area contributed by atoms with Crippen LogP contribution in [-0.2, 0) is 11.3 Å². The molecule has 0 bridgehead atoms. The van der Waals surface area contributed by atoms with Crippen LogP contribution in [0.15, 0.2) is 41.0 Å². The van der Waals surface area contributed by atoms with Gasteiger partial charge in [-0.1, -0.05) is 28.1 Å². The average Bonchev–Trinajstić information content (AvgIpc) is 2.47. The van der Waals surface area contributed by atoms with Crippen LogP contribution >= 0.6 is 15.9 Å². The molecule has 2 aromatic rings. The molecule has 0 fully saturated rings. The number of anilines is 2. The zero-order valence-electron chi connectivity index (χ0n) is 10.9. The zero-order valence-corrected chi connectivity index (χ0v) is 12.5. The lowest BCUT2D eigenvalue weighted by molar-refractivity contribution is 0.0602. The van der Waals surface area contributed by atoms with Crippen molar-refractivity contribution >= 4 is 33.4 Å². The monoisotopic (exact) mass is 335 g/mol. The summed E-state index contributed by atoms with van der Waals surface area (Å²) in [6.45, 7) is 0.565. The standard InChI is InChI=1S/C14H14BrN3O2/c1-20-14(19)11-6-7-17-13(12(11)16)18-8-9-2-4-10(15)5-3-9/h2-7H,8,16H2,1H3,(H,17,18). The second-order valence-electron chi connectivity index (χ2n) is 4.09. The Balaban J connectivity index is 2.13. The van der Waals surface area contributed by atoms with Crippen LogP contribution in [0.4, 0.5) is 11.5 Å². The number of hydrogen-bond acceptors (Lipinski definition) is 5. The maximum atomic E-state index is 11.5. The van der Waals surface area contributed by atoms with E-state index < -0.39 is 5.97 Å². The SMILES string of the molecule is COC(=O)c1ccnc(NCc2ccc(Br)cc2)c1N. The number of nitrogen functional groups attached to an aromatic ring is 1. The summed E-state index contributed by atoms with van der Waals surface area (Å²) >= 11 is 3.38. The normalized spacial score (nSPS) is 10.1. The Morgan fingerprint density at radius 1 is 1.35 bits per heavy atom. The Morgan fingerprint density at radius 2 is 2.05 bits per heavy atom. The lowest BCUT2D eigenvalue weighted by Gasteiger charge is -2.11. The van der Waals surface area contributed by atoms with Gasteiger partial charge < -0.3 is 15.8 Å². The third kappa shape index (κ3) is 3.27. The van der Waals surface area contributed by atoms with Crippen molar-refractivity contribution in [1.82, 2.24) is 4.98 Å². The van der Waals surface area contributed by atoms with Crippen LogP contribution in [0, 0.1) is 0 Å². The minimum atomic E-state index is -0.475. The summed E-state index contributed by atoms with van der Waals surface area (Å²) in [6.07, 6.45) is 1.52. The fourth-order valence-electron chi connectivity index (χ4n) is 1.69. The first kappa shape index (κ1) is 14.3. The van der Waals surface area contributed by atoms with Gasteiger partial charge >= 0.3 is 5.97 Å². The van der Waals surface area contributed by atoms with Crippen LogP contribution in [-0.4, -0.2) is 18.1 Å². The number of nitrogens with one attached hydrogen (secondary N) is 1. The summed E-state index contributed by atoms with van der Waals surface area (Å²) in [5.74, 6) is -0.00703. The molecule has 0 saturated carbocycles. The summed E-state index contributed by atoms with van der Waals surface area (Å²) in [5.41, 5.74) is 7.59. The number of pyridine rings is 1. The third-order valence-corrected chi connectivity index (χ3v) is 3.30. The van der Waals surface area contributed by atoms with Gasteiger partial charge in [-0.3, -0.25) is 0 Å². The molecule has 3 N–H and O–H groups in total. The van der Waals surface area contributed by atoms with E-state index in [1.54, 1.807) is 0 Å². The first-order chi connectivity index (χ1) is 9.61. The molecule has 0 aliphatic heterocycles. The number of nitrogens with two attached hydrogens (primary N) is 1. The van der Waals surface area contributed by atoms with E-state index in [9.17, 15) is 4.79 Å². The van der Waals surface area contributed by atoms with Gasteiger partial charge in [0, 0.05) is 17.2 Å². The van der Waals surface area contributed by atoms with Crippen molar-refractivity contribution in [2.45, 2.75) is 6.54 Å². The van der Waals surface area contributed by atoms with Gasteiger partial charge in [-0.2, -0.15) is 0 Å². The van der Waals surface area contributed by atoms with Crippen molar-refractivity contribution < 1.29 is 9.53 Å². The topological polar surface area (TPSA) is 77.2 Å². The van der Waals surface area contributed by atoms with Gasteiger partial charge in [0.25, 0.3) is 0 Å². The fourth-order valence-corrected chi connectivity index (χ4v) is 1.95. The third-order valence-electron chi connectivity index (χ3n) is 2.77. The predicted octanol–water partition coefficient (Wildman–Crippen LogP) is 2.83. The molecule has 0 amide bonds. The quantitative estimate of drug-likeness (QED) is 0.840. The average molecular weight is 336 g/mol. The number of esters is 1. The highest BCUT2D eigenvalue weighted by Gasteiger charge is 2.13. The summed E-state index contributed by atoms with van der Waals surface area (Å²) in [4.78, 5) is 15.7. The predicted molar refractivity (Wildman–Crippen MR) is 81.5 cm³/mol. The van der Waals surface area contributed by atoms with Crippen LogP contribution < -0.4 is 11.1 Å². The number of ether oxygens (including phenoxy) is 1. The number of carbonyl (C=O) groups is 1. The van der Waals surface area contributed by atoms with Gasteiger partial charge in [-0.25, -0.2) is 9.78 Å². The lowest BCUT2D eigenvalue weighted by Crippen LogP contribution is -2.10. The molecular formula is C14H14BrN3O2. The lowest BCUT2D eigenvalue weighted by atomic mass is 10.2. The van der Waals surface area contributed by atoms with Crippen molar-refractivity contribution in [3.8, 4) is 0 Å². The summed E-state index contributed by atoms with van der Waals surface area (Å²) in [5, 5.41) is 3.11. The van der Waals surface area contributed by atoms with Gasteiger partial charge in [0.05, 0.1) is 18.4 Å². The molecule has 0 saturated heterocycles. The van der Waals surface area contributed by atoms with Crippen LogP contribution in [0.5, 0.6) is 0 Å². The van der Waals surface area contributed by atoms with E-state index in [1.165, 1.54) is 19.4 Å². The molecule has 0 spiro atoms. The van der Waals surface area contributed by atoms with E-state index in [2.05, 4.69) is 31.0 Å². The molecule has 104 valence electrons. The molecular weight excluding hydrogens is 322 g/mol. The fraction of sp³-hybridized carbons (Fsp3) is 0.143. The van der Waals surface area contributed by atoms with E-state index in [0.29, 0.717) is 17.9 Å². The van der Waals surface area contributed by atoms with E-state index in [1.807, 2.05) is 24.3 Å². The number of hydrogen-bond donors (Lipinski definition) is 2. The molecule has 1 aromatic heterocycles. The molecule has 0 unspecified atom stereocenters. The van der Waals surface area contributed by atoms with Crippen LogP contribution in [0.25, 0.3) is 0 Å². The van der Waals surface area contributed by atoms with Crippen LogP contribution in [0.3, 0.4) is 0 Å². The summed E-state index contributed by atoms with van der Waals surface area (Å²) in [6, 6.07) is 9.41. The van der Waals surface area contributed by atoms with Gasteiger partial charge in [-0.15, -0.1) is 0 Å². The zero-order chi connectivity index (χ0) is 14.5. The molecule has 2 rings (SSSR count). The van der Waals surface area contributed by atoms with Crippen molar-refractivity contribution in [3.63, 3.8) is 0 Å². The second-order valence-corrected chi connectivity index (χ2v) is 5.01. The number of aromatic nitrogens is 1. The van der Waals surface area contributed by atoms with Crippen molar-refractivity contribution in [3.05, 3.63) is 52.1 Å². The molecule has 0 aliphatic carbocycles. The van der Waals surface area contributed by atoms with Crippen molar-refractivity contribution in [1.29, 1.82) is 0 Å². The molecule has 1 aromatic carbocycles. The molecule has 5 nitrogen and oxygen atoms in total. The first-order valence-corrected chi connectivity index (χ1v) is 6.72. The largest absolute Gasteiger partial charge is 0.465 e. The van der Waals surface area contributed by atoms with Crippen molar-refractivity contribution in [2.24, 2.45) is 0 Å². The number of nitrogens with zero attached hydrogens (tertiary/aromatic N) is 1. The Morgan fingerprint density at radius 3 is 2.70 bits per heavy atom. The Hall–Kier alpha value is -2.08. The maximum Gasteiger partial charge on any atom is 0.340 e. The molecule has 6 heteroatoms. The highest BCUT2D eigenvalue weighted by atomic mass is 79.9.